The maximum atomic E-state index is 12.1. The molecule has 0 bridgehead atoms. The molecule has 0 spiro atoms. The van der Waals surface area contributed by atoms with Crippen LogP contribution in [0.25, 0.3) is 0 Å². The van der Waals surface area contributed by atoms with Crippen LogP contribution in [0.2, 0.25) is 0 Å². The number of nitrogens with zero attached hydrogens (tertiary/aromatic N) is 4. The molecule has 0 saturated heterocycles. The Morgan fingerprint density at radius 3 is 2.62 bits per heavy atom. The molecule has 0 aliphatic carbocycles. The van der Waals surface area contributed by atoms with Crippen LogP contribution in [0.1, 0.15) is 42.6 Å². The lowest BCUT2D eigenvalue weighted by Gasteiger charge is -2.05. The van der Waals surface area contributed by atoms with Crippen molar-refractivity contribution >= 4 is 23.9 Å². The zero-order valence-electron chi connectivity index (χ0n) is 14.3. The fraction of sp³-hybridized carbons (Fsp3) is 0.412. The summed E-state index contributed by atoms with van der Waals surface area (Å²) < 4.78 is 1.88. The van der Waals surface area contributed by atoms with Gasteiger partial charge in [0.25, 0.3) is 5.91 Å². The molecular formula is C17H23N5OS. The van der Waals surface area contributed by atoms with E-state index in [-0.39, 0.29) is 5.91 Å². The summed E-state index contributed by atoms with van der Waals surface area (Å²) >= 11 is 1.61. The van der Waals surface area contributed by atoms with Crippen LogP contribution in [0.15, 0.2) is 40.9 Å². The number of aromatic nitrogens is 3. The van der Waals surface area contributed by atoms with E-state index in [0.29, 0.717) is 11.5 Å². The molecule has 1 heterocycles. The Morgan fingerprint density at radius 2 is 2.04 bits per heavy atom. The van der Waals surface area contributed by atoms with Crippen molar-refractivity contribution in [1.82, 2.24) is 20.2 Å². The molecule has 0 aliphatic heterocycles. The monoisotopic (exact) mass is 345 g/mol. The summed E-state index contributed by atoms with van der Waals surface area (Å²) in [6.45, 7) is 4.22. The van der Waals surface area contributed by atoms with Gasteiger partial charge in [-0.3, -0.25) is 4.79 Å². The molecule has 0 radical (unpaired) electrons. The molecule has 1 N–H and O–H groups in total. The Kier molecular flexibility index (Phi) is 6.99. The summed E-state index contributed by atoms with van der Waals surface area (Å²) in [4.78, 5) is 12.1. The van der Waals surface area contributed by atoms with E-state index in [1.165, 1.54) is 0 Å². The number of carbonyl (C=O) groups is 1. The minimum atomic E-state index is -0.190. The summed E-state index contributed by atoms with van der Waals surface area (Å²) in [5.41, 5.74) is 4.31. The van der Waals surface area contributed by atoms with Gasteiger partial charge < -0.3 is 4.57 Å². The van der Waals surface area contributed by atoms with Crippen LogP contribution in [0.4, 0.5) is 0 Å². The Labute approximate surface area is 146 Å². The quantitative estimate of drug-likeness (QED) is 0.453. The Morgan fingerprint density at radius 1 is 1.33 bits per heavy atom. The van der Waals surface area contributed by atoms with E-state index in [4.69, 9.17) is 0 Å². The predicted molar refractivity (Wildman–Crippen MR) is 97.0 cm³/mol. The predicted octanol–water partition coefficient (Wildman–Crippen LogP) is 3.26. The maximum absolute atomic E-state index is 12.1. The van der Waals surface area contributed by atoms with Crippen molar-refractivity contribution in [3.05, 3.63) is 41.7 Å². The van der Waals surface area contributed by atoms with Gasteiger partial charge in [-0.25, -0.2) is 5.43 Å². The molecule has 1 amide bonds. The summed E-state index contributed by atoms with van der Waals surface area (Å²) in [5, 5.41) is 12.8. The summed E-state index contributed by atoms with van der Waals surface area (Å²) in [7, 11) is 1.91. The van der Waals surface area contributed by atoms with Crippen LogP contribution in [0.3, 0.4) is 0 Å². The second-order valence-corrected chi connectivity index (χ2v) is 6.45. The van der Waals surface area contributed by atoms with Crippen LogP contribution in [0, 0.1) is 5.92 Å². The minimum absolute atomic E-state index is 0.190. The van der Waals surface area contributed by atoms with Crippen molar-refractivity contribution in [2.75, 3.05) is 0 Å². The van der Waals surface area contributed by atoms with E-state index in [0.717, 1.165) is 29.3 Å². The van der Waals surface area contributed by atoms with E-state index >= 15 is 0 Å². The third-order valence-electron chi connectivity index (χ3n) is 3.75. The summed E-state index contributed by atoms with van der Waals surface area (Å²) in [5.74, 6) is 0.997. The van der Waals surface area contributed by atoms with Crippen molar-refractivity contribution < 1.29 is 4.79 Å². The molecular weight excluding hydrogens is 322 g/mol. The highest BCUT2D eigenvalue weighted by molar-refractivity contribution is 7.98. The average Bonchev–Trinajstić information content (AvgIpc) is 3.02. The molecule has 1 aromatic heterocycles. The molecule has 7 heteroatoms. The number of rotatable bonds is 8. The van der Waals surface area contributed by atoms with Crippen molar-refractivity contribution in [2.24, 2.45) is 18.1 Å². The molecule has 0 unspecified atom stereocenters. The molecule has 24 heavy (non-hydrogen) atoms. The first-order valence-corrected chi connectivity index (χ1v) is 9.01. The lowest BCUT2D eigenvalue weighted by atomic mass is 10.1. The molecule has 0 saturated carbocycles. The Bertz CT molecular complexity index is 677. The van der Waals surface area contributed by atoms with E-state index in [2.05, 4.69) is 34.6 Å². The normalized spacial score (nSPS) is 11.3. The van der Waals surface area contributed by atoms with E-state index in [9.17, 15) is 4.79 Å². The van der Waals surface area contributed by atoms with Gasteiger partial charge >= 0.3 is 0 Å². The third-order valence-corrected chi connectivity index (χ3v) is 4.86. The number of hydrogen-bond donors (Lipinski definition) is 1. The number of aryl methyl sites for hydroxylation is 1. The van der Waals surface area contributed by atoms with E-state index in [1.54, 1.807) is 18.1 Å². The van der Waals surface area contributed by atoms with Crippen molar-refractivity contribution in [3.8, 4) is 0 Å². The first-order chi connectivity index (χ1) is 11.6. The van der Waals surface area contributed by atoms with Crippen LogP contribution < -0.4 is 5.43 Å². The number of nitrogens with one attached hydrogen (secondary N) is 1. The number of benzene rings is 1. The van der Waals surface area contributed by atoms with Gasteiger partial charge in [0.15, 0.2) is 5.16 Å². The standard InChI is InChI=1S/C17H23N5OS/c1-4-13(5-2)10-18-20-16(23)15-8-6-14(7-9-15)11-24-17-21-19-12-22(17)3/h6-10,12-13H,4-5,11H2,1-3H3,(H,20,23)/b18-10-. The fourth-order valence-electron chi connectivity index (χ4n) is 2.07. The highest BCUT2D eigenvalue weighted by atomic mass is 32.2. The lowest BCUT2D eigenvalue weighted by molar-refractivity contribution is 0.0955. The van der Waals surface area contributed by atoms with Crippen molar-refractivity contribution in [1.29, 1.82) is 0 Å². The highest BCUT2D eigenvalue weighted by Gasteiger charge is 2.06. The number of carbonyl (C=O) groups excluding carboxylic acids is 1. The summed E-state index contributed by atoms with van der Waals surface area (Å²) in [6, 6.07) is 7.52. The first-order valence-electron chi connectivity index (χ1n) is 8.03. The SMILES string of the molecule is CCC(/C=N\NC(=O)c1ccc(CSc2nncn2C)cc1)CC. The molecule has 0 atom stereocenters. The Balaban J connectivity index is 1.86. The first kappa shape index (κ1) is 18.2. The second-order valence-electron chi connectivity index (χ2n) is 5.51. The number of hydrazone groups is 1. The highest BCUT2D eigenvalue weighted by Crippen LogP contribution is 2.20. The Hall–Kier alpha value is -2.15. The van der Waals surface area contributed by atoms with Crippen molar-refractivity contribution in [2.45, 2.75) is 37.6 Å². The van der Waals surface area contributed by atoms with Gasteiger partial charge in [0.1, 0.15) is 6.33 Å². The topological polar surface area (TPSA) is 72.2 Å². The zero-order chi connectivity index (χ0) is 17.4. The lowest BCUT2D eigenvalue weighted by Crippen LogP contribution is -2.18. The van der Waals surface area contributed by atoms with Crippen LogP contribution in [-0.4, -0.2) is 26.9 Å². The molecule has 0 fully saturated rings. The molecule has 1 aromatic carbocycles. The average molecular weight is 345 g/mol. The van der Waals surface area contributed by atoms with Crippen LogP contribution >= 0.6 is 11.8 Å². The number of amides is 1. The van der Waals surface area contributed by atoms with Crippen LogP contribution in [0.5, 0.6) is 0 Å². The largest absolute Gasteiger partial charge is 0.312 e. The molecule has 128 valence electrons. The van der Waals surface area contributed by atoms with E-state index in [1.807, 2.05) is 42.1 Å². The van der Waals surface area contributed by atoms with Gasteiger partial charge in [-0.15, -0.1) is 10.2 Å². The smallest absolute Gasteiger partial charge is 0.271 e. The fourth-order valence-corrected chi connectivity index (χ4v) is 2.91. The van der Waals surface area contributed by atoms with Crippen molar-refractivity contribution in [3.63, 3.8) is 0 Å². The molecule has 0 aliphatic rings. The molecule has 2 rings (SSSR count). The van der Waals surface area contributed by atoms with Gasteiger partial charge in [0.2, 0.25) is 0 Å². The zero-order valence-corrected chi connectivity index (χ0v) is 15.1. The van der Waals surface area contributed by atoms with Gasteiger partial charge in [0.05, 0.1) is 0 Å². The van der Waals surface area contributed by atoms with Gasteiger partial charge in [0, 0.05) is 24.6 Å². The van der Waals surface area contributed by atoms with Crippen LogP contribution in [-0.2, 0) is 12.8 Å². The number of thioether (sulfide) groups is 1. The minimum Gasteiger partial charge on any atom is -0.312 e. The molecule has 6 nitrogen and oxygen atoms in total. The second kappa shape index (κ2) is 9.22. The van der Waals surface area contributed by atoms with Gasteiger partial charge in [-0.05, 0) is 36.5 Å². The molecule has 2 aromatic rings. The maximum Gasteiger partial charge on any atom is 0.271 e. The summed E-state index contributed by atoms with van der Waals surface area (Å²) in [6.07, 6.45) is 5.53. The number of hydrogen-bond acceptors (Lipinski definition) is 5. The van der Waals surface area contributed by atoms with E-state index < -0.39 is 0 Å². The van der Waals surface area contributed by atoms with Gasteiger partial charge in [-0.2, -0.15) is 5.10 Å². The van der Waals surface area contributed by atoms with Gasteiger partial charge in [-0.1, -0.05) is 37.7 Å². The third kappa shape index (κ3) is 5.19.